The van der Waals surface area contributed by atoms with Gasteiger partial charge >= 0.3 is 0 Å². The first kappa shape index (κ1) is 17.4. The van der Waals surface area contributed by atoms with E-state index < -0.39 is 0 Å². The fourth-order valence-corrected chi connectivity index (χ4v) is 4.50. The maximum Gasteiger partial charge on any atom is 0.272 e. The number of likely N-dealkylation sites (tertiary alicyclic amines) is 2. The number of hydrogen-bond donors (Lipinski definition) is 1. The van der Waals surface area contributed by atoms with Gasteiger partial charge in [-0.05, 0) is 38.2 Å². The molecule has 2 aliphatic heterocycles. The molecule has 0 aliphatic carbocycles. The van der Waals surface area contributed by atoms with Gasteiger partial charge in [-0.2, -0.15) is 0 Å². The first-order chi connectivity index (χ1) is 12.6. The van der Waals surface area contributed by atoms with Crippen molar-refractivity contribution in [2.75, 3.05) is 19.6 Å². The summed E-state index contributed by atoms with van der Waals surface area (Å²) in [5.74, 6) is 0.223. The fraction of sp³-hybridized carbons (Fsp3) is 0.500. The zero-order valence-electron chi connectivity index (χ0n) is 14.8. The number of para-hydroxylation sites is 1. The van der Waals surface area contributed by atoms with E-state index in [4.69, 9.17) is 11.6 Å². The summed E-state index contributed by atoms with van der Waals surface area (Å²) < 4.78 is 0. The highest BCUT2D eigenvalue weighted by Crippen LogP contribution is 2.30. The number of hydrogen-bond acceptors (Lipinski definition) is 2. The molecule has 0 saturated carbocycles. The van der Waals surface area contributed by atoms with E-state index in [2.05, 4.69) is 4.98 Å². The molecule has 138 valence electrons. The Morgan fingerprint density at radius 3 is 2.81 bits per heavy atom. The Kier molecular flexibility index (Phi) is 4.90. The average molecular weight is 374 g/mol. The molecular weight excluding hydrogens is 350 g/mol. The molecule has 0 bridgehead atoms. The minimum atomic E-state index is -0.0244. The molecule has 1 N–H and O–H groups in total. The highest BCUT2D eigenvalue weighted by atomic mass is 35.5. The van der Waals surface area contributed by atoms with Gasteiger partial charge in [-0.15, -0.1) is 0 Å². The van der Waals surface area contributed by atoms with Crippen LogP contribution in [0.15, 0.2) is 24.3 Å². The van der Waals surface area contributed by atoms with Crippen LogP contribution in [0.4, 0.5) is 0 Å². The molecule has 2 amide bonds. The number of carbonyl (C=O) groups excluding carboxylic acids is 2. The molecule has 5 nitrogen and oxygen atoms in total. The molecule has 4 rings (SSSR count). The standard InChI is InChI=1S/C20H24ClN3O2/c21-18-15-7-1-2-8-16(15)22-19(18)20(26)24-12-4-3-6-14(24)10-13-23-11-5-9-17(23)25/h1-2,7-8,14,22H,3-6,9-13H2/t14-/m1/s1. The van der Waals surface area contributed by atoms with Crippen molar-refractivity contribution >= 4 is 34.3 Å². The number of benzene rings is 1. The van der Waals surface area contributed by atoms with Crippen molar-refractivity contribution in [1.82, 2.24) is 14.8 Å². The zero-order chi connectivity index (χ0) is 18.1. The molecule has 0 unspecified atom stereocenters. The fourth-order valence-electron chi connectivity index (χ4n) is 4.21. The Hall–Kier alpha value is -2.01. The van der Waals surface area contributed by atoms with Gasteiger partial charge in [-0.1, -0.05) is 29.8 Å². The number of H-pyrrole nitrogens is 1. The van der Waals surface area contributed by atoms with E-state index in [-0.39, 0.29) is 17.9 Å². The van der Waals surface area contributed by atoms with Crippen molar-refractivity contribution in [3.63, 3.8) is 0 Å². The normalized spacial score (nSPS) is 21.0. The van der Waals surface area contributed by atoms with E-state index >= 15 is 0 Å². The van der Waals surface area contributed by atoms with Gasteiger partial charge in [0, 0.05) is 43.0 Å². The summed E-state index contributed by atoms with van der Waals surface area (Å²) in [7, 11) is 0. The van der Waals surface area contributed by atoms with Crippen LogP contribution in [-0.2, 0) is 4.79 Å². The van der Waals surface area contributed by atoms with Crippen LogP contribution in [0.3, 0.4) is 0 Å². The SMILES string of the molecule is O=C1CCCN1CC[C@H]1CCCCN1C(=O)c1[nH]c2ccccc2c1Cl. The van der Waals surface area contributed by atoms with Crippen molar-refractivity contribution in [2.24, 2.45) is 0 Å². The van der Waals surface area contributed by atoms with Crippen LogP contribution in [0.25, 0.3) is 10.9 Å². The van der Waals surface area contributed by atoms with Crippen LogP contribution in [0.5, 0.6) is 0 Å². The summed E-state index contributed by atoms with van der Waals surface area (Å²) >= 11 is 6.49. The highest BCUT2D eigenvalue weighted by Gasteiger charge is 2.31. The van der Waals surface area contributed by atoms with Crippen molar-refractivity contribution in [1.29, 1.82) is 0 Å². The number of aromatic amines is 1. The lowest BCUT2D eigenvalue weighted by Gasteiger charge is -2.36. The summed E-state index contributed by atoms with van der Waals surface area (Å²) in [6.45, 7) is 2.35. The first-order valence-electron chi connectivity index (χ1n) is 9.50. The van der Waals surface area contributed by atoms with Gasteiger partial charge in [-0.3, -0.25) is 9.59 Å². The van der Waals surface area contributed by atoms with Crippen LogP contribution in [0.2, 0.25) is 5.02 Å². The van der Waals surface area contributed by atoms with Crippen molar-refractivity contribution < 1.29 is 9.59 Å². The van der Waals surface area contributed by atoms with Crippen molar-refractivity contribution in [3.8, 4) is 0 Å². The van der Waals surface area contributed by atoms with E-state index in [1.807, 2.05) is 34.1 Å². The van der Waals surface area contributed by atoms with Gasteiger partial charge < -0.3 is 14.8 Å². The topological polar surface area (TPSA) is 56.4 Å². The molecule has 0 spiro atoms. The number of nitrogens with one attached hydrogen (secondary N) is 1. The quantitative estimate of drug-likeness (QED) is 0.885. The predicted octanol–water partition coefficient (Wildman–Crippen LogP) is 3.83. The number of carbonyl (C=O) groups is 2. The Bertz CT molecular complexity index is 832. The van der Waals surface area contributed by atoms with Gasteiger partial charge in [0.15, 0.2) is 0 Å². The maximum absolute atomic E-state index is 13.2. The van der Waals surface area contributed by atoms with E-state index in [1.165, 1.54) is 0 Å². The highest BCUT2D eigenvalue weighted by molar-refractivity contribution is 6.38. The summed E-state index contributed by atoms with van der Waals surface area (Å²) in [5.41, 5.74) is 1.37. The summed E-state index contributed by atoms with van der Waals surface area (Å²) in [4.78, 5) is 32.1. The van der Waals surface area contributed by atoms with Gasteiger partial charge in [0.1, 0.15) is 5.69 Å². The smallest absolute Gasteiger partial charge is 0.272 e. The predicted molar refractivity (Wildman–Crippen MR) is 102 cm³/mol. The third-order valence-corrected chi connectivity index (χ3v) is 6.04. The molecule has 2 fully saturated rings. The number of amides is 2. The Balaban J connectivity index is 1.52. The number of halogens is 1. The van der Waals surface area contributed by atoms with E-state index in [0.717, 1.165) is 62.6 Å². The molecule has 2 saturated heterocycles. The minimum absolute atomic E-state index is 0.0244. The molecule has 2 aromatic rings. The number of nitrogens with zero attached hydrogens (tertiary/aromatic N) is 2. The van der Waals surface area contributed by atoms with E-state index in [0.29, 0.717) is 17.1 Å². The lowest BCUT2D eigenvalue weighted by atomic mass is 9.98. The average Bonchev–Trinajstić information content (AvgIpc) is 3.23. The van der Waals surface area contributed by atoms with Crippen LogP contribution in [0, 0.1) is 0 Å². The van der Waals surface area contributed by atoms with Crippen LogP contribution in [0.1, 0.15) is 49.0 Å². The second kappa shape index (κ2) is 7.31. The van der Waals surface area contributed by atoms with Gasteiger partial charge in [0.2, 0.25) is 5.91 Å². The number of aromatic nitrogens is 1. The molecule has 2 aliphatic rings. The second-order valence-corrected chi connectivity index (χ2v) is 7.66. The molecule has 3 heterocycles. The lowest BCUT2D eigenvalue weighted by molar-refractivity contribution is -0.127. The Morgan fingerprint density at radius 2 is 2.04 bits per heavy atom. The lowest BCUT2D eigenvalue weighted by Crippen LogP contribution is -2.45. The second-order valence-electron chi connectivity index (χ2n) is 7.28. The molecule has 1 atom stereocenters. The first-order valence-corrected chi connectivity index (χ1v) is 9.88. The van der Waals surface area contributed by atoms with Crippen LogP contribution in [-0.4, -0.2) is 52.3 Å². The minimum Gasteiger partial charge on any atom is -0.349 e. The third kappa shape index (κ3) is 3.20. The van der Waals surface area contributed by atoms with Crippen molar-refractivity contribution in [3.05, 3.63) is 35.0 Å². The molecule has 6 heteroatoms. The third-order valence-electron chi connectivity index (χ3n) is 5.65. The summed E-state index contributed by atoms with van der Waals surface area (Å²) in [6, 6.07) is 7.89. The van der Waals surface area contributed by atoms with Crippen LogP contribution >= 0.6 is 11.6 Å². The number of piperidine rings is 1. The van der Waals surface area contributed by atoms with Crippen LogP contribution < -0.4 is 0 Å². The largest absolute Gasteiger partial charge is 0.349 e. The van der Waals surface area contributed by atoms with Gasteiger partial charge in [0.25, 0.3) is 5.91 Å². The number of rotatable bonds is 4. The number of fused-ring (bicyclic) bond motifs is 1. The molecule has 26 heavy (non-hydrogen) atoms. The Morgan fingerprint density at radius 1 is 1.19 bits per heavy atom. The molecule has 1 aromatic heterocycles. The van der Waals surface area contributed by atoms with Crippen molar-refractivity contribution in [2.45, 2.75) is 44.6 Å². The molecule has 0 radical (unpaired) electrons. The van der Waals surface area contributed by atoms with E-state index in [1.54, 1.807) is 0 Å². The van der Waals surface area contributed by atoms with Gasteiger partial charge in [0.05, 0.1) is 5.02 Å². The maximum atomic E-state index is 13.2. The Labute approximate surface area is 158 Å². The summed E-state index contributed by atoms with van der Waals surface area (Å²) in [6.07, 6.45) is 5.60. The monoisotopic (exact) mass is 373 g/mol. The molecular formula is C20H24ClN3O2. The molecule has 1 aromatic carbocycles. The van der Waals surface area contributed by atoms with E-state index in [9.17, 15) is 9.59 Å². The zero-order valence-corrected chi connectivity index (χ0v) is 15.6. The van der Waals surface area contributed by atoms with Gasteiger partial charge in [-0.25, -0.2) is 0 Å². The summed E-state index contributed by atoms with van der Waals surface area (Å²) in [5, 5.41) is 1.39.